The number of fused-ring (bicyclic) bond motifs is 1. The Morgan fingerprint density at radius 2 is 2.20 bits per heavy atom. The van der Waals surface area contributed by atoms with Gasteiger partial charge in [0.25, 0.3) is 5.92 Å². The van der Waals surface area contributed by atoms with Crippen LogP contribution in [0.4, 0.5) is 8.78 Å². The average Bonchev–Trinajstić information content (AvgIpc) is 2.52. The fraction of sp³-hybridized carbons (Fsp3) is 0.833. The fourth-order valence-electron chi connectivity index (χ4n) is 3.45. The molecule has 0 radical (unpaired) electrons. The molecule has 0 aromatic carbocycles. The maximum Gasteiger partial charge on any atom is 0.313 e. The van der Waals surface area contributed by atoms with Crippen LogP contribution in [0.1, 0.15) is 33.1 Å². The van der Waals surface area contributed by atoms with Gasteiger partial charge in [-0.15, -0.1) is 0 Å². The molecular weight excluding hydrogens is 270 g/mol. The lowest BCUT2D eigenvalue weighted by molar-refractivity contribution is -0.163. The first-order valence-electron chi connectivity index (χ1n) is 6.59. The van der Waals surface area contributed by atoms with Gasteiger partial charge in [0.15, 0.2) is 0 Å². The van der Waals surface area contributed by atoms with Gasteiger partial charge in [-0.25, -0.2) is 20.2 Å². The monoisotopic (exact) mass is 290 g/mol. The number of hydrogen-bond acceptors (Lipinski definition) is 5. The highest BCUT2D eigenvalue weighted by molar-refractivity contribution is 5.89. The first-order valence-corrected chi connectivity index (χ1v) is 6.59. The molecule has 1 saturated heterocycles. The summed E-state index contributed by atoms with van der Waals surface area (Å²) in [6.07, 6.45) is -0.800. The highest BCUT2D eigenvalue weighted by atomic mass is 19.3. The molecule has 3 unspecified atom stereocenters. The van der Waals surface area contributed by atoms with E-state index < -0.39 is 29.6 Å². The van der Waals surface area contributed by atoms with E-state index in [9.17, 15) is 13.6 Å². The predicted octanol–water partition coefficient (Wildman–Crippen LogP) is 0.725. The third kappa shape index (κ3) is 2.21. The summed E-state index contributed by atoms with van der Waals surface area (Å²) in [7, 11) is 0. The van der Waals surface area contributed by atoms with Crippen molar-refractivity contribution in [3.8, 4) is 0 Å². The number of hydrazone groups is 1. The SMILES string of the molecule is CC1OC(=O)C2(C/C(N)=N/NN)CC(F)(F)C(C)C[C@H]12. The minimum Gasteiger partial charge on any atom is -0.462 e. The molecule has 0 amide bonds. The summed E-state index contributed by atoms with van der Waals surface area (Å²) in [5, 5.41) is 3.57. The van der Waals surface area contributed by atoms with Crippen LogP contribution in [0, 0.1) is 17.3 Å². The number of amidine groups is 1. The Labute approximate surface area is 115 Å². The molecule has 1 aliphatic carbocycles. The predicted molar refractivity (Wildman–Crippen MR) is 68.4 cm³/mol. The molecule has 1 saturated carbocycles. The summed E-state index contributed by atoms with van der Waals surface area (Å²) in [5.41, 5.74) is 6.36. The van der Waals surface area contributed by atoms with E-state index in [0.717, 1.165) is 0 Å². The standard InChI is InChI=1S/C12H20F2N4O2/c1-6-3-8-7(2)20-10(19)11(8,5-12(6,13)14)4-9(15)17-18-16/h6-8,18H,3-5,16H2,1-2H3,(H2,15,17)/t6?,7?,8-,11?/m1/s1. The number of nitrogens with one attached hydrogen (secondary N) is 1. The highest BCUT2D eigenvalue weighted by Crippen LogP contribution is 2.57. The number of cyclic esters (lactones) is 1. The van der Waals surface area contributed by atoms with E-state index in [4.69, 9.17) is 16.3 Å². The van der Waals surface area contributed by atoms with E-state index >= 15 is 0 Å². The minimum absolute atomic E-state index is 0.0221. The van der Waals surface area contributed by atoms with Crippen molar-refractivity contribution in [3.05, 3.63) is 0 Å². The Morgan fingerprint density at radius 3 is 2.80 bits per heavy atom. The first-order chi connectivity index (χ1) is 9.23. The van der Waals surface area contributed by atoms with Crippen molar-refractivity contribution in [1.29, 1.82) is 0 Å². The molecule has 0 spiro atoms. The van der Waals surface area contributed by atoms with Gasteiger partial charge in [-0.3, -0.25) is 4.79 Å². The van der Waals surface area contributed by atoms with Crippen molar-refractivity contribution in [3.63, 3.8) is 0 Å². The van der Waals surface area contributed by atoms with Gasteiger partial charge in [-0.1, -0.05) is 6.92 Å². The number of nitrogens with zero attached hydrogens (tertiary/aromatic N) is 1. The highest BCUT2D eigenvalue weighted by Gasteiger charge is 2.64. The zero-order valence-electron chi connectivity index (χ0n) is 11.5. The molecule has 1 heterocycles. The molecule has 20 heavy (non-hydrogen) atoms. The number of hydrazine groups is 1. The number of carbonyl (C=O) groups excluding carboxylic acids is 1. The van der Waals surface area contributed by atoms with Gasteiger partial charge < -0.3 is 10.5 Å². The lowest BCUT2D eigenvalue weighted by atomic mass is 9.60. The Hall–Kier alpha value is -1.44. The fourth-order valence-corrected chi connectivity index (χ4v) is 3.45. The smallest absolute Gasteiger partial charge is 0.313 e. The number of esters is 1. The molecule has 6 nitrogen and oxygen atoms in total. The second-order valence-corrected chi connectivity index (χ2v) is 5.86. The van der Waals surface area contributed by atoms with E-state index in [1.165, 1.54) is 6.92 Å². The Balaban J connectivity index is 2.37. The van der Waals surface area contributed by atoms with Crippen molar-refractivity contribution >= 4 is 11.8 Å². The molecule has 2 aliphatic rings. The van der Waals surface area contributed by atoms with Crippen LogP contribution in [0.25, 0.3) is 0 Å². The van der Waals surface area contributed by atoms with Gasteiger partial charge in [-0.05, 0) is 13.3 Å². The third-order valence-electron chi connectivity index (χ3n) is 4.56. The first kappa shape index (κ1) is 15.0. The second-order valence-electron chi connectivity index (χ2n) is 5.86. The summed E-state index contributed by atoms with van der Waals surface area (Å²) in [6, 6.07) is 0. The van der Waals surface area contributed by atoms with Gasteiger partial charge in [0.05, 0.1) is 5.41 Å². The second kappa shape index (κ2) is 4.83. The molecule has 0 aromatic rings. The van der Waals surface area contributed by atoms with Crippen molar-refractivity contribution in [2.75, 3.05) is 0 Å². The maximum absolute atomic E-state index is 14.1. The maximum atomic E-state index is 14.1. The average molecular weight is 290 g/mol. The van der Waals surface area contributed by atoms with Crippen molar-refractivity contribution < 1.29 is 18.3 Å². The zero-order valence-corrected chi connectivity index (χ0v) is 11.5. The largest absolute Gasteiger partial charge is 0.462 e. The lowest BCUT2D eigenvalue weighted by Gasteiger charge is -2.43. The summed E-state index contributed by atoms with van der Waals surface area (Å²) in [4.78, 5) is 12.2. The van der Waals surface area contributed by atoms with Crippen LogP contribution in [-0.2, 0) is 9.53 Å². The Morgan fingerprint density at radius 1 is 1.55 bits per heavy atom. The van der Waals surface area contributed by atoms with E-state index in [1.807, 2.05) is 5.53 Å². The molecular formula is C12H20F2N4O2. The van der Waals surface area contributed by atoms with Gasteiger partial charge in [0, 0.05) is 24.7 Å². The molecule has 0 bridgehead atoms. The van der Waals surface area contributed by atoms with E-state index in [-0.39, 0.29) is 30.7 Å². The van der Waals surface area contributed by atoms with Crippen LogP contribution in [-0.4, -0.2) is 23.8 Å². The number of alkyl halides is 2. The molecule has 1 aliphatic heterocycles. The number of ether oxygens (including phenoxy) is 1. The molecule has 2 rings (SSSR count). The summed E-state index contributed by atoms with van der Waals surface area (Å²) >= 11 is 0. The number of hydrogen-bond donors (Lipinski definition) is 3. The lowest BCUT2D eigenvalue weighted by Crippen LogP contribution is -2.50. The van der Waals surface area contributed by atoms with Crippen molar-refractivity contribution in [1.82, 2.24) is 5.53 Å². The number of halogens is 2. The summed E-state index contributed by atoms with van der Waals surface area (Å²) in [5.74, 6) is 0.442. The van der Waals surface area contributed by atoms with Crippen LogP contribution in [0.2, 0.25) is 0 Å². The normalized spacial score (nSPS) is 40.1. The third-order valence-corrected chi connectivity index (χ3v) is 4.56. The van der Waals surface area contributed by atoms with Gasteiger partial charge >= 0.3 is 5.97 Å². The molecule has 4 atom stereocenters. The van der Waals surface area contributed by atoms with E-state index in [1.54, 1.807) is 6.92 Å². The molecule has 8 heteroatoms. The molecule has 2 fully saturated rings. The van der Waals surface area contributed by atoms with Gasteiger partial charge in [-0.2, -0.15) is 5.10 Å². The summed E-state index contributed by atoms with van der Waals surface area (Å²) < 4.78 is 33.4. The zero-order chi connectivity index (χ0) is 15.1. The van der Waals surface area contributed by atoms with Crippen LogP contribution >= 0.6 is 0 Å². The Kier molecular flexibility index (Phi) is 3.62. The topological polar surface area (TPSA) is 103 Å². The van der Waals surface area contributed by atoms with Crippen molar-refractivity contribution in [2.24, 2.45) is 33.9 Å². The quantitative estimate of drug-likeness (QED) is 0.234. The van der Waals surface area contributed by atoms with Crippen molar-refractivity contribution in [2.45, 2.75) is 45.1 Å². The van der Waals surface area contributed by atoms with Gasteiger partial charge in [0.2, 0.25) is 0 Å². The number of nitrogens with two attached hydrogens (primary N) is 2. The summed E-state index contributed by atoms with van der Waals surface area (Å²) in [6.45, 7) is 3.23. The van der Waals surface area contributed by atoms with E-state index in [2.05, 4.69) is 5.10 Å². The number of rotatable bonds is 3. The van der Waals surface area contributed by atoms with Crippen LogP contribution in [0.5, 0.6) is 0 Å². The minimum atomic E-state index is -2.92. The molecule has 5 N–H and O–H groups in total. The van der Waals surface area contributed by atoms with Crippen LogP contribution in [0.3, 0.4) is 0 Å². The van der Waals surface area contributed by atoms with Gasteiger partial charge in [0.1, 0.15) is 11.9 Å². The number of carbonyl (C=O) groups is 1. The molecule has 0 aromatic heterocycles. The molecule has 114 valence electrons. The Bertz CT molecular complexity index is 443. The van der Waals surface area contributed by atoms with Crippen LogP contribution in [0.15, 0.2) is 5.10 Å². The van der Waals surface area contributed by atoms with Crippen LogP contribution < -0.4 is 17.1 Å². The van der Waals surface area contributed by atoms with E-state index in [0.29, 0.717) is 0 Å².